The van der Waals surface area contributed by atoms with Gasteiger partial charge < -0.3 is 20.6 Å². The number of hydrogen-bond acceptors (Lipinski definition) is 4. The monoisotopic (exact) mass is 253 g/mol. The average Bonchev–Trinajstić information content (AvgIpc) is 2.95. The number of piperidine rings is 1. The van der Waals surface area contributed by atoms with E-state index in [0.29, 0.717) is 24.9 Å². The highest BCUT2D eigenvalue weighted by atomic mass is 16.3. The quantitative estimate of drug-likeness (QED) is 0.618. The molecule has 102 valence electrons. The van der Waals surface area contributed by atoms with Gasteiger partial charge in [-0.05, 0) is 39.2 Å². The number of aliphatic hydroxyl groups is 1. The van der Waals surface area contributed by atoms with Crippen molar-refractivity contribution in [3.63, 3.8) is 0 Å². The third kappa shape index (κ3) is 2.15. The van der Waals surface area contributed by atoms with E-state index >= 15 is 0 Å². The van der Waals surface area contributed by atoms with Crippen LogP contribution in [0.2, 0.25) is 0 Å². The van der Waals surface area contributed by atoms with E-state index < -0.39 is 5.60 Å². The molecule has 3 aliphatic heterocycles. The fourth-order valence-corrected chi connectivity index (χ4v) is 3.50. The zero-order chi connectivity index (χ0) is 12.8. The Labute approximate surface area is 108 Å². The molecule has 2 bridgehead atoms. The number of likely N-dealkylation sites (tertiary alicyclic amines) is 1. The molecule has 0 aromatic heterocycles. The summed E-state index contributed by atoms with van der Waals surface area (Å²) in [5.74, 6) is -0.157. The summed E-state index contributed by atoms with van der Waals surface area (Å²) >= 11 is 0. The second-order valence-corrected chi connectivity index (χ2v) is 6.20. The molecule has 0 saturated carbocycles. The molecule has 0 spiro atoms. The highest BCUT2D eigenvalue weighted by Crippen LogP contribution is 2.29. The molecular formula is C13H23N3O2. The van der Waals surface area contributed by atoms with E-state index in [1.807, 2.05) is 7.05 Å². The van der Waals surface area contributed by atoms with Gasteiger partial charge in [0.15, 0.2) is 0 Å². The van der Waals surface area contributed by atoms with Crippen molar-refractivity contribution in [2.75, 3.05) is 20.1 Å². The third-order valence-corrected chi connectivity index (χ3v) is 4.85. The Balaban J connectivity index is 1.58. The van der Waals surface area contributed by atoms with Crippen LogP contribution in [0, 0.1) is 0 Å². The normalized spacial score (nSPS) is 38.9. The van der Waals surface area contributed by atoms with E-state index in [1.165, 1.54) is 6.42 Å². The van der Waals surface area contributed by atoms with E-state index in [9.17, 15) is 9.90 Å². The minimum absolute atomic E-state index is 0.157. The summed E-state index contributed by atoms with van der Waals surface area (Å²) in [5.41, 5.74) is -1.14. The zero-order valence-corrected chi connectivity index (χ0v) is 11.0. The fourth-order valence-electron chi connectivity index (χ4n) is 3.50. The summed E-state index contributed by atoms with van der Waals surface area (Å²) < 4.78 is 0. The number of hydrogen-bond donors (Lipinski definition) is 3. The van der Waals surface area contributed by atoms with Crippen LogP contribution in [-0.2, 0) is 4.79 Å². The van der Waals surface area contributed by atoms with Crippen LogP contribution in [0.15, 0.2) is 0 Å². The molecule has 3 N–H and O–H groups in total. The van der Waals surface area contributed by atoms with E-state index in [1.54, 1.807) is 0 Å². The highest BCUT2D eigenvalue weighted by molar-refractivity contribution is 5.85. The Morgan fingerprint density at radius 3 is 2.67 bits per heavy atom. The largest absolute Gasteiger partial charge is 0.380 e. The molecule has 3 atom stereocenters. The summed E-state index contributed by atoms with van der Waals surface area (Å²) in [6, 6.07) is 1.22. The lowest BCUT2D eigenvalue weighted by Crippen LogP contribution is -2.56. The van der Waals surface area contributed by atoms with Gasteiger partial charge >= 0.3 is 0 Å². The van der Waals surface area contributed by atoms with Crippen molar-refractivity contribution in [3.05, 3.63) is 0 Å². The number of nitrogens with one attached hydrogen (secondary N) is 2. The third-order valence-electron chi connectivity index (χ3n) is 4.85. The fraction of sp³-hybridized carbons (Fsp3) is 0.923. The first-order valence-electron chi connectivity index (χ1n) is 7.05. The van der Waals surface area contributed by atoms with Crippen LogP contribution >= 0.6 is 0 Å². The first kappa shape index (κ1) is 12.4. The molecule has 0 unspecified atom stereocenters. The van der Waals surface area contributed by atoms with Crippen LogP contribution < -0.4 is 10.6 Å². The van der Waals surface area contributed by atoms with Crippen molar-refractivity contribution >= 4 is 5.91 Å². The molecule has 3 saturated heterocycles. The van der Waals surface area contributed by atoms with Gasteiger partial charge in [-0.2, -0.15) is 0 Å². The van der Waals surface area contributed by atoms with Gasteiger partial charge in [0.25, 0.3) is 5.91 Å². The maximum atomic E-state index is 12.3. The van der Waals surface area contributed by atoms with Crippen molar-refractivity contribution in [2.45, 2.75) is 55.8 Å². The number of rotatable bonds is 2. The molecule has 18 heavy (non-hydrogen) atoms. The van der Waals surface area contributed by atoms with Crippen molar-refractivity contribution in [2.24, 2.45) is 0 Å². The van der Waals surface area contributed by atoms with Gasteiger partial charge in [0.1, 0.15) is 5.60 Å². The van der Waals surface area contributed by atoms with Gasteiger partial charge in [0.05, 0.1) is 0 Å². The maximum Gasteiger partial charge on any atom is 0.252 e. The number of amides is 1. The van der Waals surface area contributed by atoms with Crippen molar-refractivity contribution in [1.82, 2.24) is 15.5 Å². The Bertz CT molecular complexity index is 339. The lowest BCUT2D eigenvalue weighted by molar-refractivity contribution is -0.145. The molecule has 5 heteroatoms. The number of nitrogens with zero attached hydrogens (tertiary/aromatic N) is 1. The summed E-state index contributed by atoms with van der Waals surface area (Å²) in [5, 5.41) is 17.0. The van der Waals surface area contributed by atoms with E-state index in [2.05, 4.69) is 15.5 Å². The molecule has 0 aromatic rings. The average molecular weight is 253 g/mol. The van der Waals surface area contributed by atoms with Gasteiger partial charge in [0, 0.05) is 31.2 Å². The van der Waals surface area contributed by atoms with Crippen LogP contribution in [0.4, 0.5) is 0 Å². The van der Waals surface area contributed by atoms with Crippen LogP contribution in [-0.4, -0.2) is 59.8 Å². The molecule has 3 heterocycles. The van der Waals surface area contributed by atoms with E-state index in [-0.39, 0.29) is 11.9 Å². The second-order valence-electron chi connectivity index (χ2n) is 6.20. The summed E-state index contributed by atoms with van der Waals surface area (Å²) in [6.45, 7) is 1.58. The SMILES string of the molecule is CN1CCC(O)(C(=O)N[C@H]2C[C@H]3CC[C@@H]2N3)CC1. The van der Waals surface area contributed by atoms with Crippen molar-refractivity contribution < 1.29 is 9.90 Å². The van der Waals surface area contributed by atoms with Crippen LogP contribution in [0.5, 0.6) is 0 Å². The molecule has 0 aliphatic carbocycles. The Kier molecular flexibility index (Phi) is 3.08. The van der Waals surface area contributed by atoms with Gasteiger partial charge in [-0.1, -0.05) is 0 Å². The molecule has 0 radical (unpaired) electrons. The van der Waals surface area contributed by atoms with Crippen LogP contribution in [0.1, 0.15) is 32.1 Å². The van der Waals surface area contributed by atoms with Gasteiger partial charge in [-0.3, -0.25) is 4.79 Å². The molecule has 3 rings (SSSR count). The molecule has 0 aromatic carbocycles. The van der Waals surface area contributed by atoms with Crippen molar-refractivity contribution in [1.29, 1.82) is 0 Å². The first-order valence-corrected chi connectivity index (χ1v) is 7.05. The van der Waals surface area contributed by atoms with Gasteiger partial charge in [0.2, 0.25) is 0 Å². The second kappa shape index (κ2) is 4.47. The summed E-state index contributed by atoms with van der Waals surface area (Å²) in [6.07, 6.45) is 4.49. The highest BCUT2D eigenvalue weighted by Gasteiger charge is 2.44. The van der Waals surface area contributed by atoms with Crippen LogP contribution in [0.25, 0.3) is 0 Å². The number of carbonyl (C=O) groups is 1. The summed E-state index contributed by atoms with van der Waals surface area (Å²) in [7, 11) is 2.03. The molecular weight excluding hydrogens is 230 g/mol. The van der Waals surface area contributed by atoms with Gasteiger partial charge in [-0.25, -0.2) is 0 Å². The lowest BCUT2D eigenvalue weighted by Gasteiger charge is -2.36. The number of fused-ring (bicyclic) bond motifs is 2. The standard InChI is InChI=1S/C13H23N3O2/c1-16-6-4-13(18,5-7-16)12(17)15-11-8-9-2-3-10(11)14-9/h9-11,14,18H,2-8H2,1H3,(H,15,17)/t9-,10+,11+/m1/s1. The minimum atomic E-state index is -1.14. The van der Waals surface area contributed by atoms with Gasteiger partial charge in [-0.15, -0.1) is 0 Å². The Morgan fingerprint density at radius 1 is 1.39 bits per heavy atom. The van der Waals surface area contributed by atoms with Crippen molar-refractivity contribution in [3.8, 4) is 0 Å². The molecule has 3 fully saturated rings. The smallest absolute Gasteiger partial charge is 0.252 e. The molecule has 3 aliphatic rings. The summed E-state index contributed by atoms with van der Waals surface area (Å²) in [4.78, 5) is 14.4. The lowest BCUT2D eigenvalue weighted by atomic mass is 9.89. The zero-order valence-electron chi connectivity index (χ0n) is 11.0. The number of carbonyl (C=O) groups excluding carboxylic acids is 1. The predicted octanol–water partition coefficient (Wildman–Crippen LogP) is -0.548. The van der Waals surface area contributed by atoms with E-state index in [4.69, 9.17) is 0 Å². The topological polar surface area (TPSA) is 64.6 Å². The Morgan fingerprint density at radius 2 is 2.11 bits per heavy atom. The maximum absolute atomic E-state index is 12.3. The van der Waals surface area contributed by atoms with E-state index in [0.717, 1.165) is 25.9 Å². The molecule has 1 amide bonds. The molecule has 5 nitrogen and oxygen atoms in total. The minimum Gasteiger partial charge on any atom is -0.380 e. The first-order chi connectivity index (χ1) is 8.57. The van der Waals surface area contributed by atoms with Crippen LogP contribution in [0.3, 0.4) is 0 Å². The Hall–Kier alpha value is -0.650. The predicted molar refractivity (Wildman–Crippen MR) is 68.2 cm³/mol.